The maximum atomic E-state index is 12.1. The lowest BCUT2D eigenvalue weighted by atomic mass is 9.97. The van der Waals surface area contributed by atoms with Crippen molar-refractivity contribution in [3.05, 3.63) is 47.5 Å². The first-order valence-electron chi connectivity index (χ1n) is 8.31. The third-order valence-electron chi connectivity index (χ3n) is 4.43. The number of aryl methyl sites for hydroxylation is 1. The van der Waals surface area contributed by atoms with Crippen LogP contribution in [0.4, 0.5) is 0 Å². The summed E-state index contributed by atoms with van der Waals surface area (Å²) in [6.07, 6.45) is 0.504. The van der Waals surface area contributed by atoms with Gasteiger partial charge in [-0.15, -0.1) is 0 Å². The van der Waals surface area contributed by atoms with Gasteiger partial charge in [-0.1, -0.05) is 31.2 Å². The molecule has 0 N–H and O–H groups in total. The summed E-state index contributed by atoms with van der Waals surface area (Å²) in [7, 11) is 1.65. The van der Waals surface area contributed by atoms with Gasteiger partial charge in [-0.05, 0) is 35.7 Å². The fraction of sp³-hybridized carbons (Fsp3) is 0.350. The van der Waals surface area contributed by atoms with Gasteiger partial charge in [-0.3, -0.25) is 4.79 Å². The van der Waals surface area contributed by atoms with Gasteiger partial charge in [-0.2, -0.15) is 0 Å². The molecule has 0 saturated carbocycles. The summed E-state index contributed by atoms with van der Waals surface area (Å²) in [6, 6.07) is 12.4. The molecule has 0 aromatic heterocycles. The average molecular weight is 325 g/mol. The lowest BCUT2D eigenvalue weighted by Crippen LogP contribution is -2.31. The molecule has 4 nitrogen and oxygen atoms in total. The highest BCUT2D eigenvalue weighted by Crippen LogP contribution is 2.39. The average Bonchev–Trinajstić information content (AvgIpc) is 2.83. The Morgan fingerprint density at radius 3 is 2.79 bits per heavy atom. The lowest BCUT2D eigenvalue weighted by molar-refractivity contribution is -0.131. The van der Waals surface area contributed by atoms with Gasteiger partial charge in [-0.25, -0.2) is 0 Å². The number of fused-ring (bicyclic) bond motifs is 1. The van der Waals surface area contributed by atoms with Crippen molar-refractivity contribution in [3.8, 4) is 22.6 Å². The predicted molar refractivity (Wildman–Crippen MR) is 94.4 cm³/mol. The monoisotopic (exact) mass is 325 g/mol. The van der Waals surface area contributed by atoms with E-state index in [1.54, 1.807) is 7.11 Å². The normalized spacial score (nSPS) is 13.7. The number of amides is 1. The number of nitrogens with zero attached hydrogens (tertiary/aromatic N) is 1. The summed E-state index contributed by atoms with van der Waals surface area (Å²) in [6.45, 7) is 5.62. The van der Waals surface area contributed by atoms with Crippen molar-refractivity contribution in [2.24, 2.45) is 0 Å². The van der Waals surface area contributed by atoms with Gasteiger partial charge >= 0.3 is 0 Å². The molecule has 1 aliphatic heterocycles. The molecule has 24 heavy (non-hydrogen) atoms. The Balaban J connectivity index is 2.08. The molecule has 1 amide bonds. The zero-order valence-electron chi connectivity index (χ0n) is 14.5. The minimum atomic E-state index is 0.145. The Kier molecular flexibility index (Phi) is 4.74. The number of benzene rings is 2. The van der Waals surface area contributed by atoms with E-state index in [-0.39, 0.29) is 5.91 Å². The molecule has 0 bridgehead atoms. The van der Waals surface area contributed by atoms with Crippen LogP contribution in [-0.4, -0.2) is 31.1 Å². The molecular formula is C20H23NO3. The molecule has 2 aromatic carbocycles. The summed E-state index contributed by atoms with van der Waals surface area (Å²) >= 11 is 0. The van der Waals surface area contributed by atoms with Crippen molar-refractivity contribution in [3.63, 3.8) is 0 Å². The predicted octanol–water partition coefficient (Wildman–Crippen LogP) is 3.80. The number of carbonyl (C=O) groups excluding carboxylic acids is 1. The highest BCUT2D eigenvalue weighted by Gasteiger charge is 2.22. The van der Waals surface area contributed by atoms with Crippen LogP contribution in [0, 0.1) is 6.92 Å². The van der Waals surface area contributed by atoms with Crippen molar-refractivity contribution < 1.29 is 14.3 Å². The minimum Gasteiger partial charge on any atom is -0.493 e. The first-order valence-corrected chi connectivity index (χ1v) is 8.31. The molecule has 1 aliphatic rings. The number of hydrogen-bond donors (Lipinski definition) is 0. The molecule has 0 fully saturated rings. The van der Waals surface area contributed by atoms with E-state index < -0.39 is 0 Å². The van der Waals surface area contributed by atoms with E-state index in [4.69, 9.17) is 9.47 Å². The van der Waals surface area contributed by atoms with Crippen LogP contribution in [0.3, 0.4) is 0 Å². The Bertz CT molecular complexity index is 755. The van der Waals surface area contributed by atoms with Gasteiger partial charge in [0.25, 0.3) is 0 Å². The number of hydrogen-bond acceptors (Lipinski definition) is 3. The molecule has 3 rings (SSSR count). The van der Waals surface area contributed by atoms with E-state index in [9.17, 15) is 4.79 Å². The van der Waals surface area contributed by atoms with Crippen LogP contribution < -0.4 is 9.47 Å². The van der Waals surface area contributed by atoms with Gasteiger partial charge in [0.05, 0.1) is 13.7 Å². The van der Waals surface area contributed by atoms with Gasteiger partial charge < -0.3 is 14.4 Å². The van der Waals surface area contributed by atoms with E-state index in [0.717, 1.165) is 28.2 Å². The van der Waals surface area contributed by atoms with Crippen LogP contribution in [0.2, 0.25) is 0 Å². The van der Waals surface area contributed by atoms with Gasteiger partial charge in [0.2, 0.25) is 5.91 Å². The van der Waals surface area contributed by atoms with Crippen molar-refractivity contribution in [2.45, 2.75) is 26.8 Å². The molecule has 0 unspecified atom stereocenters. The van der Waals surface area contributed by atoms with Gasteiger partial charge in [0.1, 0.15) is 6.61 Å². The third-order valence-corrected chi connectivity index (χ3v) is 4.43. The maximum Gasteiger partial charge on any atom is 0.222 e. The fourth-order valence-electron chi connectivity index (χ4n) is 3.12. The second-order valence-corrected chi connectivity index (χ2v) is 6.00. The maximum absolute atomic E-state index is 12.1. The molecule has 2 aromatic rings. The first-order chi connectivity index (χ1) is 11.6. The second kappa shape index (κ2) is 6.95. The summed E-state index contributed by atoms with van der Waals surface area (Å²) in [5.74, 6) is 1.62. The molecule has 0 atom stereocenters. The Morgan fingerprint density at radius 2 is 2.08 bits per heavy atom. The number of rotatable bonds is 3. The highest BCUT2D eigenvalue weighted by molar-refractivity contribution is 5.77. The summed E-state index contributed by atoms with van der Waals surface area (Å²) in [4.78, 5) is 14.0. The SMILES string of the molecule is CCC(=O)N1CCOc2c(cc(-c3ccccc3C)cc2OC)C1. The molecule has 126 valence electrons. The number of carbonyl (C=O) groups is 1. The lowest BCUT2D eigenvalue weighted by Gasteiger charge is -2.19. The number of methoxy groups -OCH3 is 1. The van der Waals surface area contributed by atoms with Crippen LogP contribution in [0.25, 0.3) is 11.1 Å². The van der Waals surface area contributed by atoms with Crippen molar-refractivity contribution in [2.75, 3.05) is 20.3 Å². The molecule has 0 radical (unpaired) electrons. The Morgan fingerprint density at radius 1 is 1.29 bits per heavy atom. The van der Waals surface area contributed by atoms with Crippen LogP contribution in [0.1, 0.15) is 24.5 Å². The summed E-state index contributed by atoms with van der Waals surface area (Å²) in [5.41, 5.74) is 4.44. The van der Waals surface area contributed by atoms with E-state index in [2.05, 4.69) is 25.1 Å². The molecular weight excluding hydrogens is 302 g/mol. The van der Waals surface area contributed by atoms with E-state index >= 15 is 0 Å². The third kappa shape index (κ3) is 3.09. The summed E-state index contributed by atoms with van der Waals surface area (Å²) in [5, 5.41) is 0. The van der Waals surface area contributed by atoms with Gasteiger partial charge in [0, 0.05) is 18.5 Å². The van der Waals surface area contributed by atoms with Crippen LogP contribution in [-0.2, 0) is 11.3 Å². The quantitative estimate of drug-likeness (QED) is 0.861. The van der Waals surface area contributed by atoms with E-state index in [0.29, 0.717) is 26.1 Å². The van der Waals surface area contributed by atoms with E-state index in [1.165, 1.54) is 5.56 Å². The van der Waals surface area contributed by atoms with Gasteiger partial charge in [0.15, 0.2) is 11.5 Å². The van der Waals surface area contributed by atoms with Crippen molar-refractivity contribution in [1.82, 2.24) is 4.90 Å². The molecule has 1 heterocycles. The second-order valence-electron chi connectivity index (χ2n) is 6.00. The standard InChI is InChI=1S/C20H23NO3/c1-4-19(22)21-9-10-24-20-16(13-21)11-15(12-18(20)23-3)17-8-6-5-7-14(17)2/h5-8,11-12H,4,9-10,13H2,1-3H3. The molecule has 4 heteroatoms. The fourth-order valence-corrected chi connectivity index (χ4v) is 3.12. The minimum absolute atomic E-state index is 0.145. The topological polar surface area (TPSA) is 38.8 Å². The summed E-state index contributed by atoms with van der Waals surface area (Å²) < 4.78 is 11.5. The van der Waals surface area contributed by atoms with Crippen molar-refractivity contribution >= 4 is 5.91 Å². The number of ether oxygens (including phenoxy) is 2. The van der Waals surface area contributed by atoms with E-state index in [1.807, 2.05) is 30.0 Å². The zero-order chi connectivity index (χ0) is 17.1. The van der Waals surface area contributed by atoms with Crippen LogP contribution in [0.15, 0.2) is 36.4 Å². The van der Waals surface area contributed by atoms with Crippen molar-refractivity contribution in [1.29, 1.82) is 0 Å². The van der Waals surface area contributed by atoms with Crippen LogP contribution >= 0.6 is 0 Å². The largest absolute Gasteiger partial charge is 0.493 e. The highest BCUT2D eigenvalue weighted by atomic mass is 16.5. The molecule has 0 aliphatic carbocycles. The molecule has 0 spiro atoms. The van der Waals surface area contributed by atoms with Crippen LogP contribution in [0.5, 0.6) is 11.5 Å². The molecule has 0 saturated heterocycles. The smallest absolute Gasteiger partial charge is 0.222 e. The Hall–Kier alpha value is -2.49. The first kappa shape index (κ1) is 16.4. The zero-order valence-corrected chi connectivity index (χ0v) is 14.5. The Labute approximate surface area is 143 Å².